The molecule has 0 spiro atoms. The average Bonchev–Trinajstić information content (AvgIpc) is 0.802. The van der Waals surface area contributed by atoms with Crippen LogP contribution in [0.25, 0.3) is 21.5 Å². The molecule has 12 amide bonds. The standard InChI is InChI=1S/C51H59N9O18.C45H51N9O15/c52-60-41-17-14-33(26-54-41)46(69)56-35(15-18-42(63)64)39(62)23-34(24-40(50(75)76)78-27-61)44(67)55-25-28-8-12-31(13-9-28)45(68)57-38(22-29-10-11-30-5-1-2-6-32(30)21-29)47(70)53-20-4-3-7-36(48(71)72)58-51(77)59-37(49(73)74)16-19-43(65)66;46-54-36-16-14-30(23-48-36)39(59)51-34(21-35(44(66)67)69-24-55)41(61)49-22-25-8-12-28(13-9-25)38(58)50-33(20-26-10-11-27-5-1-2-6-29(27)19-26)40(60)47-18-4-3-7-31(42(62)63)52-45(68)53-32(43(64)65)15-17-37(56)57/h1-2,5-6,8-14,17,21,26-27,34-38,40H,3-4,7,15-16,18-20,22-25,52H2,(H,53,70)(H,54,60)(H,55,67)(H,56,69)(H,57,68)(H,63,64)(H,65,66)(H,71,72)(H,73,74)(H,75,76)(H2,58,59,77);1-2,5-6,8-14,16,19,23-24,31-35H,3-4,7,15,17-18,20-22,46H2,(H,47,60)(H,48,54)(H,49,61)(H,50,58)(H,51,59)(H,56,57)(H,62,63)(H,64,65)(H,66,67)(H2,52,53,68). The number of nitrogen functional groups attached to an aromatic ring is 2. The zero-order valence-electron chi connectivity index (χ0n) is 78.4. The molecule has 147 heavy (non-hydrogen) atoms. The van der Waals surface area contributed by atoms with Crippen LogP contribution in [-0.4, -0.2) is 261 Å². The van der Waals surface area contributed by atoms with Gasteiger partial charge in [-0.25, -0.2) is 60.0 Å². The van der Waals surface area contributed by atoms with Crippen molar-refractivity contribution in [2.24, 2.45) is 17.6 Å². The van der Waals surface area contributed by atoms with Crippen LogP contribution in [0.1, 0.15) is 160 Å². The molecule has 11 atom stereocenters. The molecule has 0 saturated heterocycles. The van der Waals surface area contributed by atoms with Crippen molar-refractivity contribution in [3.63, 3.8) is 0 Å². The van der Waals surface area contributed by atoms with E-state index in [4.69, 9.17) is 21.9 Å². The van der Waals surface area contributed by atoms with Gasteiger partial charge in [0, 0.05) is 107 Å². The number of aromatic nitrogens is 2. The summed E-state index contributed by atoms with van der Waals surface area (Å²) >= 11 is 0. The van der Waals surface area contributed by atoms with E-state index in [2.05, 4.69) is 88.8 Å². The topological polar surface area (TPSA) is 822 Å². The molecule has 6 aromatic carbocycles. The van der Waals surface area contributed by atoms with E-state index in [9.17, 15) is 141 Å². The van der Waals surface area contributed by atoms with Crippen LogP contribution in [-0.2, 0) is 112 Å². The number of nitrogens with two attached hydrogens (primary N) is 2. The summed E-state index contributed by atoms with van der Waals surface area (Å²) in [5.41, 5.74) is 7.10. The van der Waals surface area contributed by atoms with Gasteiger partial charge in [-0.3, -0.25) is 67.1 Å². The molecule has 0 aliphatic carbocycles. The minimum absolute atomic E-state index is 0.00940. The zero-order valence-corrected chi connectivity index (χ0v) is 78.4. The van der Waals surface area contributed by atoms with Gasteiger partial charge in [-0.2, -0.15) is 0 Å². The van der Waals surface area contributed by atoms with Crippen LogP contribution in [0, 0.1) is 5.92 Å². The van der Waals surface area contributed by atoms with Gasteiger partial charge >= 0.3 is 65.8 Å². The molecule has 0 aliphatic heterocycles. The third kappa shape index (κ3) is 40.0. The van der Waals surface area contributed by atoms with Crippen molar-refractivity contribution in [1.29, 1.82) is 0 Å². The number of benzene rings is 6. The first-order valence-electron chi connectivity index (χ1n) is 45.3. The van der Waals surface area contributed by atoms with E-state index < -0.39 is 243 Å². The van der Waals surface area contributed by atoms with Crippen LogP contribution in [0.2, 0.25) is 0 Å². The van der Waals surface area contributed by atoms with E-state index >= 15 is 0 Å². The third-order valence-electron chi connectivity index (χ3n) is 22.3. The predicted molar refractivity (Wildman–Crippen MR) is 514 cm³/mol. The number of amides is 12. The van der Waals surface area contributed by atoms with Crippen molar-refractivity contribution in [2.45, 2.75) is 183 Å². The molecule has 0 fully saturated rings. The zero-order chi connectivity index (χ0) is 108. The first kappa shape index (κ1) is 116. The molecule has 0 bridgehead atoms. The molecule has 2 aromatic heterocycles. The van der Waals surface area contributed by atoms with E-state index in [0.29, 0.717) is 16.7 Å². The highest BCUT2D eigenvalue weighted by atomic mass is 16.6. The lowest BCUT2D eigenvalue weighted by Crippen LogP contribution is -2.51. The maximum absolute atomic E-state index is 13.7. The Morgan fingerprint density at radius 1 is 0.320 bits per heavy atom. The number of nitrogens with one attached hydrogen (secondary N) is 14. The van der Waals surface area contributed by atoms with Gasteiger partial charge in [-0.05, 0) is 150 Å². The Kier molecular flexibility index (Phi) is 46.9. The number of nitrogens with zero attached hydrogens (tertiary/aromatic N) is 2. The Bertz CT molecular complexity index is 6020. The highest BCUT2D eigenvalue weighted by molar-refractivity contribution is 6.02. The molecule has 27 N–H and O–H groups in total. The summed E-state index contributed by atoms with van der Waals surface area (Å²) in [4.78, 5) is 280. The second-order valence-corrected chi connectivity index (χ2v) is 33.0. The number of rotatable bonds is 62. The number of unbranched alkanes of at least 4 members (excludes halogenated alkanes) is 2. The maximum atomic E-state index is 13.7. The monoisotopic (exact) mass is 2040 g/mol. The quantitative estimate of drug-likeness (QED) is 0.0112. The molecule has 8 rings (SSSR count). The maximum Gasteiger partial charge on any atom is 0.345 e. The fraction of sp³-hybridized carbons (Fsp3) is 0.333. The lowest BCUT2D eigenvalue weighted by atomic mass is 9.90. The fourth-order valence-corrected chi connectivity index (χ4v) is 14.4. The minimum atomic E-state index is -1.88. The summed E-state index contributed by atoms with van der Waals surface area (Å²) in [6.07, 6.45) is -5.74. The molecule has 51 heteroatoms. The Hall–Kier alpha value is -18.2. The number of hydrogen-bond donors (Lipinski definition) is 25. The second-order valence-electron chi connectivity index (χ2n) is 33.0. The average molecular weight is 2040 g/mol. The summed E-state index contributed by atoms with van der Waals surface area (Å²) in [5, 5.41) is 117. The van der Waals surface area contributed by atoms with E-state index in [0.717, 1.165) is 33.3 Å². The molecule has 782 valence electrons. The first-order valence-corrected chi connectivity index (χ1v) is 45.3. The van der Waals surface area contributed by atoms with E-state index in [1.165, 1.54) is 79.0 Å². The van der Waals surface area contributed by atoms with Gasteiger partial charge in [0.2, 0.25) is 29.7 Å². The summed E-state index contributed by atoms with van der Waals surface area (Å²) in [7, 11) is 0. The van der Waals surface area contributed by atoms with Crippen LogP contribution in [0.3, 0.4) is 0 Å². The number of fused-ring (bicyclic) bond motifs is 2. The third-order valence-corrected chi connectivity index (χ3v) is 22.3. The first-order chi connectivity index (χ1) is 70.1. The summed E-state index contributed by atoms with van der Waals surface area (Å²) in [5.74, 6) is -9.95. The fourth-order valence-electron chi connectivity index (χ4n) is 14.4. The normalized spacial score (nSPS) is 13.0. The van der Waals surface area contributed by atoms with Gasteiger partial charge in [0.1, 0.15) is 53.9 Å². The van der Waals surface area contributed by atoms with E-state index in [-0.39, 0.29) is 124 Å². The number of aliphatic carboxylic acids is 9. The number of carbonyl (C=O) groups excluding carboxylic acids is 13. The van der Waals surface area contributed by atoms with E-state index in [1.54, 1.807) is 6.07 Å². The number of carboxylic acids is 9. The number of urea groups is 2. The summed E-state index contributed by atoms with van der Waals surface area (Å²) in [6, 6.07) is 29.7. The van der Waals surface area contributed by atoms with Crippen LogP contribution in [0.15, 0.2) is 170 Å². The molecular weight excluding hydrogens is 1930 g/mol. The second kappa shape index (κ2) is 59.5. The molecule has 0 aliphatic rings. The number of carbonyl (C=O) groups is 22. The predicted octanol–water partition coefficient (Wildman–Crippen LogP) is 1.74. The lowest BCUT2D eigenvalue weighted by Gasteiger charge is -2.23. The molecule has 51 nitrogen and oxygen atoms in total. The Labute approximate surface area is 834 Å². The largest absolute Gasteiger partial charge is 0.481 e. The van der Waals surface area contributed by atoms with Gasteiger partial charge in [0.25, 0.3) is 36.6 Å². The molecule has 11 unspecified atom stereocenters. The molecule has 8 aromatic rings. The summed E-state index contributed by atoms with van der Waals surface area (Å²) in [6.45, 7) is -0.573. The van der Waals surface area contributed by atoms with Gasteiger partial charge in [0.05, 0.1) is 17.2 Å². The van der Waals surface area contributed by atoms with Crippen molar-refractivity contribution >= 4 is 165 Å². The van der Waals surface area contributed by atoms with Crippen molar-refractivity contribution in [3.05, 3.63) is 215 Å². The number of Topliss-reactive ketones (excluding diaryl/α,β-unsaturated/α-hetero) is 1. The van der Waals surface area contributed by atoms with Gasteiger partial charge in [-0.1, -0.05) is 109 Å². The summed E-state index contributed by atoms with van der Waals surface area (Å²) < 4.78 is 9.26. The minimum Gasteiger partial charge on any atom is -0.481 e. The van der Waals surface area contributed by atoms with Gasteiger partial charge in [0.15, 0.2) is 11.9 Å². The lowest BCUT2D eigenvalue weighted by molar-refractivity contribution is -0.158. The van der Waals surface area contributed by atoms with Crippen molar-refractivity contribution in [3.8, 4) is 0 Å². The van der Waals surface area contributed by atoms with Crippen molar-refractivity contribution in [2.75, 3.05) is 23.9 Å². The molecule has 2 heterocycles. The van der Waals surface area contributed by atoms with Crippen LogP contribution in [0.5, 0.6) is 0 Å². The Balaban J connectivity index is 0.000000401. The number of anilines is 2. The smallest absolute Gasteiger partial charge is 0.345 e. The van der Waals surface area contributed by atoms with Crippen molar-refractivity contribution < 1.29 is 161 Å². The number of hydrogen-bond acceptors (Lipinski definition) is 30. The number of hydrazine groups is 2. The van der Waals surface area contributed by atoms with Gasteiger partial charge < -0.3 is 130 Å². The number of ether oxygens (including phenoxy) is 2. The number of pyridine rings is 2. The highest BCUT2D eigenvalue weighted by Crippen LogP contribution is 2.24. The van der Waals surface area contributed by atoms with Crippen LogP contribution in [0.4, 0.5) is 21.2 Å². The Morgan fingerprint density at radius 2 is 0.646 bits per heavy atom. The van der Waals surface area contributed by atoms with Crippen LogP contribution < -0.4 is 86.3 Å². The Morgan fingerprint density at radius 3 is 1.00 bits per heavy atom. The van der Waals surface area contributed by atoms with E-state index in [1.807, 2.05) is 84.2 Å². The molecule has 0 saturated carbocycles. The number of carboxylic acid groups (broad SMARTS) is 9. The van der Waals surface area contributed by atoms with Crippen LogP contribution >= 0.6 is 0 Å². The van der Waals surface area contributed by atoms with Crippen molar-refractivity contribution in [1.82, 2.24) is 73.8 Å². The van der Waals surface area contributed by atoms with Gasteiger partial charge in [-0.15, -0.1) is 0 Å². The molecular formula is C96H110N18O33. The molecule has 0 radical (unpaired) electrons. The number of ketones is 1. The SMILES string of the molecule is NNc1ccc(C(=O)NC(CC(OC=O)C(=O)O)C(=O)NCc2ccc(C(=O)NC(Cc3ccc4ccccc4c3)C(=O)NCCCCC(NC(=O)NC(CCC(=O)O)C(=O)O)C(=O)O)cc2)cn1.NNc1ccc(C(=O)NC(CCC(=O)O)C(=O)CC(CC(OC=O)C(=O)O)C(=O)NCc2ccc(C(=O)NC(Cc3ccc4ccccc4c3)C(=O)NCCCCC(NC(=O)NC(CCC(=O)O)C(=O)O)C(=O)O)cc2)cn1. The highest BCUT2D eigenvalue weighted by Gasteiger charge is 2.36.